The fourth-order valence-electron chi connectivity index (χ4n) is 1.28. The Labute approximate surface area is 91.0 Å². The van der Waals surface area contributed by atoms with Crippen molar-refractivity contribution in [1.29, 1.82) is 0 Å². The Morgan fingerprint density at radius 1 is 1.19 bits per heavy atom. The molecule has 16 heavy (non-hydrogen) atoms. The second-order valence-electron chi connectivity index (χ2n) is 2.85. The fourth-order valence-corrected chi connectivity index (χ4v) is 2.06. The highest BCUT2D eigenvalue weighted by molar-refractivity contribution is 7.87. The summed E-state index contributed by atoms with van der Waals surface area (Å²) in [6, 6.07) is 2.78. The average molecular weight is 244 g/mol. The van der Waals surface area contributed by atoms with Gasteiger partial charge >= 0.3 is 0 Å². The van der Waals surface area contributed by atoms with Crippen molar-refractivity contribution in [3.05, 3.63) is 12.1 Å². The molecule has 0 spiro atoms. The maximum absolute atomic E-state index is 11.5. The molecule has 1 aromatic carbocycles. The van der Waals surface area contributed by atoms with E-state index in [0.717, 1.165) is 7.11 Å². The van der Waals surface area contributed by atoms with Crippen molar-refractivity contribution >= 4 is 21.2 Å². The van der Waals surface area contributed by atoms with Crippen LogP contribution in [0.2, 0.25) is 0 Å². The minimum Gasteiger partial charge on any atom is -0.494 e. The Bertz CT molecular complexity index is 618. The fraction of sp³-hybridized carbons (Fsp3) is 0.250. The number of methoxy groups -OCH3 is 1. The molecule has 0 atom stereocenters. The smallest absolute Gasteiger partial charge is 0.299 e. The van der Waals surface area contributed by atoms with E-state index in [9.17, 15) is 8.42 Å². The van der Waals surface area contributed by atoms with E-state index in [4.69, 9.17) is 4.74 Å². The maximum Gasteiger partial charge on any atom is 0.299 e. The number of aromatic nitrogens is 2. The molecule has 86 valence electrons. The predicted molar refractivity (Wildman–Crippen MR) is 52.6 cm³/mol. The van der Waals surface area contributed by atoms with E-state index in [1.807, 2.05) is 0 Å². The van der Waals surface area contributed by atoms with E-state index in [1.165, 1.54) is 19.2 Å². The topological polar surface area (TPSA) is 91.5 Å². The molecule has 1 heterocycles. The van der Waals surface area contributed by atoms with Gasteiger partial charge in [-0.1, -0.05) is 0 Å². The molecule has 2 rings (SSSR count). The van der Waals surface area contributed by atoms with Gasteiger partial charge < -0.3 is 4.74 Å². The minimum absolute atomic E-state index is 0.0844. The van der Waals surface area contributed by atoms with Crippen LogP contribution in [0.25, 0.3) is 11.0 Å². The Morgan fingerprint density at radius 3 is 2.50 bits per heavy atom. The van der Waals surface area contributed by atoms with Crippen molar-refractivity contribution in [1.82, 2.24) is 10.3 Å². The lowest BCUT2D eigenvalue weighted by atomic mass is 10.3. The van der Waals surface area contributed by atoms with Crippen molar-refractivity contribution in [2.45, 2.75) is 4.90 Å². The van der Waals surface area contributed by atoms with Crippen LogP contribution in [0, 0.1) is 0 Å². The molecule has 0 amide bonds. The summed E-state index contributed by atoms with van der Waals surface area (Å²) in [4.78, 5) is -0.105. The summed E-state index contributed by atoms with van der Waals surface area (Å²) in [6.45, 7) is 0. The van der Waals surface area contributed by atoms with E-state index in [0.29, 0.717) is 5.75 Å². The maximum atomic E-state index is 11.5. The van der Waals surface area contributed by atoms with Crippen LogP contribution in [0.15, 0.2) is 21.7 Å². The molecule has 8 heteroatoms. The third-order valence-electron chi connectivity index (χ3n) is 2.05. The third-order valence-corrected chi connectivity index (χ3v) is 3.36. The number of benzene rings is 1. The highest BCUT2D eigenvalue weighted by Crippen LogP contribution is 2.28. The first-order chi connectivity index (χ1) is 7.60. The number of nitrogens with zero attached hydrogens (tertiary/aromatic N) is 2. The lowest BCUT2D eigenvalue weighted by Crippen LogP contribution is -2.03. The highest BCUT2D eigenvalue weighted by atomic mass is 32.2. The summed E-state index contributed by atoms with van der Waals surface area (Å²) in [5.74, 6) is 0.381. The van der Waals surface area contributed by atoms with Gasteiger partial charge in [0.05, 0.1) is 14.2 Å². The van der Waals surface area contributed by atoms with Crippen LogP contribution in [0.5, 0.6) is 5.75 Å². The molecule has 0 N–H and O–H groups in total. The van der Waals surface area contributed by atoms with Crippen molar-refractivity contribution < 1.29 is 22.0 Å². The SMILES string of the molecule is COc1ccc(S(=O)(=O)OC)c2nonc12. The van der Waals surface area contributed by atoms with Gasteiger partial charge in [0.2, 0.25) is 0 Å². The molecular formula is C8H8N2O5S. The standard InChI is InChI=1S/C8H8N2O5S/c1-13-5-3-4-6(16(11,12)14-2)8-7(5)9-15-10-8/h3-4H,1-2H3. The summed E-state index contributed by atoms with van der Waals surface area (Å²) in [6.07, 6.45) is 0. The molecule has 0 radical (unpaired) electrons. The van der Waals surface area contributed by atoms with Gasteiger partial charge in [-0.25, -0.2) is 4.63 Å². The normalized spacial score (nSPS) is 11.9. The molecular weight excluding hydrogens is 236 g/mol. The van der Waals surface area contributed by atoms with Crippen LogP contribution in [-0.2, 0) is 14.3 Å². The molecule has 0 saturated heterocycles. The van der Waals surface area contributed by atoms with Crippen molar-refractivity contribution in [3.63, 3.8) is 0 Å². The van der Waals surface area contributed by atoms with E-state index < -0.39 is 10.1 Å². The second kappa shape index (κ2) is 3.72. The molecule has 0 aliphatic rings. The first-order valence-electron chi connectivity index (χ1n) is 4.20. The summed E-state index contributed by atoms with van der Waals surface area (Å²) in [7, 11) is -1.33. The zero-order valence-corrected chi connectivity index (χ0v) is 9.32. The average Bonchev–Trinajstić information content (AvgIpc) is 2.76. The summed E-state index contributed by atoms with van der Waals surface area (Å²) in [5, 5.41) is 7.08. The van der Waals surface area contributed by atoms with Crippen LogP contribution < -0.4 is 4.74 Å². The van der Waals surface area contributed by atoms with Crippen LogP contribution in [0.1, 0.15) is 0 Å². The van der Waals surface area contributed by atoms with E-state index >= 15 is 0 Å². The van der Waals surface area contributed by atoms with E-state index in [2.05, 4.69) is 19.1 Å². The zero-order chi connectivity index (χ0) is 11.8. The molecule has 0 aliphatic carbocycles. The Hall–Kier alpha value is -1.67. The first-order valence-corrected chi connectivity index (χ1v) is 5.61. The Balaban J connectivity index is 2.79. The molecule has 0 unspecified atom stereocenters. The molecule has 2 aromatic rings. The number of ether oxygens (including phenoxy) is 1. The quantitative estimate of drug-likeness (QED) is 0.728. The van der Waals surface area contributed by atoms with Crippen LogP contribution in [0.4, 0.5) is 0 Å². The number of fused-ring (bicyclic) bond motifs is 1. The van der Waals surface area contributed by atoms with Crippen LogP contribution >= 0.6 is 0 Å². The van der Waals surface area contributed by atoms with Crippen molar-refractivity contribution in [3.8, 4) is 5.75 Å². The molecule has 0 fully saturated rings. The Morgan fingerprint density at radius 2 is 1.88 bits per heavy atom. The van der Waals surface area contributed by atoms with Gasteiger partial charge in [-0.15, -0.1) is 0 Å². The summed E-state index contributed by atoms with van der Waals surface area (Å²) < 4.78 is 37.0. The Kier molecular flexibility index (Phi) is 2.52. The third kappa shape index (κ3) is 1.51. The van der Waals surface area contributed by atoms with Crippen LogP contribution in [0.3, 0.4) is 0 Å². The van der Waals surface area contributed by atoms with Gasteiger partial charge in [0.1, 0.15) is 10.6 Å². The zero-order valence-electron chi connectivity index (χ0n) is 8.50. The monoisotopic (exact) mass is 244 g/mol. The summed E-state index contributed by atoms with van der Waals surface area (Å²) >= 11 is 0. The molecule has 0 saturated carbocycles. The molecule has 0 bridgehead atoms. The van der Waals surface area contributed by atoms with E-state index in [1.54, 1.807) is 0 Å². The van der Waals surface area contributed by atoms with Gasteiger partial charge in [0.25, 0.3) is 10.1 Å². The lowest BCUT2D eigenvalue weighted by molar-refractivity contribution is 0.313. The largest absolute Gasteiger partial charge is 0.494 e. The number of hydrogen-bond acceptors (Lipinski definition) is 7. The highest BCUT2D eigenvalue weighted by Gasteiger charge is 2.22. The molecule has 0 aliphatic heterocycles. The van der Waals surface area contributed by atoms with E-state index in [-0.39, 0.29) is 15.9 Å². The van der Waals surface area contributed by atoms with Gasteiger partial charge in [-0.2, -0.15) is 8.42 Å². The predicted octanol–water partition coefficient (Wildman–Crippen LogP) is 0.566. The van der Waals surface area contributed by atoms with Gasteiger partial charge in [0.15, 0.2) is 11.0 Å². The molecule has 7 nitrogen and oxygen atoms in total. The lowest BCUT2D eigenvalue weighted by Gasteiger charge is -2.03. The van der Waals surface area contributed by atoms with Crippen LogP contribution in [-0.4, -0.2) is 33.0 Å². The number of rotatable bonds is 3. The van der Waals surface area contributed by atoms with Crippen molar-refractivity contribution in [2.75, 3.05) is 14.2 Å². The minimum atomic E-state index is -3.84. The molecule has 1 aromatic heterocycles. The van der Waals surface area contributed by atoms with Gasteiger partial charge in [0, 0.05) is 0 Å². The number of hydrogen-bond donors (Lipinski definition) is 0. The second-order valence-corrected chi connectivity index (χ2v) is 4.53. The van der Waals surface area contributed by atoms with Gasteiger partial charge in [-0.05, 0) is 22.4 Å². The van der Waals surface area contributed by atoms with Crippen molar-refractivity contribution in [2.24, 2.45) is 0 Å². The van der Waals surface area contributed by atoms with Gasteiger partial charge in [-0.3, -0.25) is 4.18 Å². The summed E-state index contributed by atoms with van der Waals surface area (Å²) in [5.41, 5.74) is 0.321. The first kappa shape index (κ1) is 10.8.